The van der Waals surface area contributed by atoms with Crippen LogP contribution in [-0.2, 0) is 0 Å². The van der Waals surface area contributed by atoms with Crippen molar-refractivity contribution in [1.82, 2.24) is 5.32 Å². The highest BCUT2D eigenvalue weighted by atomic mass is 14.8. The zero-order valence-electron chi connectivity index (χ0n) is 6.11. The summed E-state index contributed by atoms with van der Waals surface area (Å²) in [4.78, 5) is 0. The van der Waals surface area contributed by atoms with Crippen molar-refractivity contribution in [1.29, 1.82) is 0 Å². The molecule has 0 aromatic heterocycles. The maximum absolute atomic E-state index is 3.37. The molecule has 0 radical (unpaired) electrons. The first kappa shape index (κ1) is 6.81. The minimum atomic E-state index is 1.13. The van der Waals surface area contributed by atoms with Gasteiger partial charge in [0.05, 0.1) is 0 Å². The van der Waals surface area contributed by atoms with E-state index >= 15 is 0 Å². The summed E-state index contributed by atoms with van der Waals surface area (Å²) in [6.45, 7) is 4.49. The van der Waals surface area contributed by atoms with Crippen molar-refractivity contribution in [2.24, 2.45) is 0 Å². The highest BCUT2D eigenvalue weighted by molar-refractivity contribution is 5.13. The third-order valence-corrected chi connectivity index (χ3v) is 1.68. The van der Waals surface area contributed by atoms with Gasteiger partial charge in [0.2, 0.25) is 0 Å². The van der Waals surface area contributed by atoms with E-state index in [9.17, 15) is 0 Å². The van der Waals surface area contributed by atoms with Gasteiger partial charge in [-0.3, -0.25) is 0 Å². The molecule has 52 valence electrons. The summed E-state index contributed by atoms with van der Waals surface area (Å²) < 4.78 is 0. The fourth-order valence-corrected chi connectivity index (χ4v) is 0.935. The maximum atomic E-state index is 3.37. The van der Waals surface area contributed by atoms with Crippen LogP contribution in [0.15, 0.2) is 11.6 Å². The summed E-state index contributed by atoms with van der Waals surface area (Å²) in [7, 11) is 0. The SMILES string of the molecule is CCCNCC1=CCC1. The monoisotopic (exact) mass is 125 g/mol. The Hall–Kier alpha value is -0.300. The lowest BCUT2D eigenvalue weighted by molar-refractivity contribution is 0.677. The molecule has 0 heterocycles. The predicted molar refractivity (Wildman–Crippen MR) is 40.5 cm³/mol. The molecule has 1 heteroatoms. The minimum absolute atomic E-state index is 1.13. The first-order chi connectivity index (χ1) is 4.43. The second-order valence-corrected chi connectivity index (χ2v) is 2.58. The predicted octanol–water partition coefficient (Wildman–Crippen LogP) is 1.71. The Balaban J connectivity index is 1.92. The summed E-state index contributed by atoms with van der Waals surface area (Å²) in [5, 5.41) is 3.37. The van der Waals surface area contributed by atoms with Gasteiger partial charge < -0.3 is 5.32 Å². The second-order valence-electron chi connectivity index (χ2n) is 2.58. The standard InChI is InChI=1S/C8H15N/c1-2-6-9-7-8-4-3-5-8/h4,9H,2-3,5-7H2,1H3. The van der Waals surface area contributed by atoms with Gasteiger partial charge in [-0.1, -0.05) is 18.6 Å². The van der Waals surface area contributed by atoms with Crippen LogP contribution in [0.25, 0.3) is 0 Å². The molecule has 0 aromatic rings. The van der Waals surface area contributed by atoms with Crippen molar-refractivity contribution in [3.63, 3.8) is 0 Å². The molecule has 1 aliphatic rings. The van der Waals surface area contributed by atoms with Crippen LogP contribution in [0, 0.1) is 0 Å². The first-order valence-electron chi connectivity index (χ1n) is 3.82. The van der Waals surface area contributed by atoms with Crippen LogP contribution < -0.4 is 5.32 Å². The lowest BCUT2D eigenvalue weighted by atomic mass is 9.99. The van der Waals surface area contributed by atoms with Gasteiger partial charge in [0, 0.05) is 6.54 Å². The lowest BCUT2D eigenvalue weighted by Gasteiger charge is -2.14. The molecule has 0 amide bonds. The number of allylic oxidation sites excluding steroid dienone is 1. The second kappa shape index (κ2) is 3.67. The van der Waals surface area contributed by atoms with E-state index in [0.717, 1.165) is 13.1 Å². The molecular weight excluding hydrogens is 110 g/mol. The van der Waals surface area contributed by atoms with E-state index < -0.39 is 0 Å². The highest BCUT2D eigenvalue weighted by Gasteiger charge is 2.02. The van der Waals surface area contributed by atoms with Crippen LogP contribution in [0.3, 0.4) is 0 Å². The molecule has 1 nitrogen and oxygen atoms in total. The van der Waals surface area contributed by atoms with Crippen LogP contribution in [0.5, 0.6) is 0 Å². The third-order valence-electron chi connectivity index (χ3n) is 1.68. The Morgan fingerprint density at radius 1 is 1.67 bits per heavy atom. The molecule has 0 atom stereocenters. The fraction of sp³-hybridized carbons (Fsp3) is 0.750. The number of hydrogen-bond donors (Lipinski definition) is 1. The van der Waals surface area contributed by atoms with E-state index in [1.807, 2.05) is 0 Å². The minimum Gasteiger partial charge on any atom is -0.313 e. The number of nitrogens with one attached hydrogen (secondary N) is 1. The molecule has 0 aliphatic heterocycles. The van der Waals surface area contributed by atoms with Crippen LogP contribution in [0.4, 0.5) is 0 Å². The Labute approximate surface area is 57.1 Å². The third kappa shape index (κ3) is 2.19. The van der Waals surface area contributed by atoms with E-state index in [4.69, 9.17) is 0 Å². The Kier molecular flexibility index (Phi) is 2.78. The Bertz CT molecular complexity index is 105. The Morgan fingerprint density at radius 3 is 2.89 bits per heavy atom. The van der Waals surface area contributed by atoms with Crippen molar-refractivity contribution in [3.8, 4) is 0 Å². The van der Waals surface area contributed by atoms with Crippen LogP contribution in [-0.4, -0.2) is 13.1 Å². The van der Waals surface area contributed by atoms with E-state index in [-0.39, 0.29) is 0 Å². The molecule has 0 fully saturated rings. The van der Waals surface area contributed by atoms with Crippen LogP contribution in [0.2, 0.25) is 0 Å². The lowest BCUT2D eigenvalue weighted by Crippen LogP contribution is -2.19. The normalized spacial score (nSPS) is 16.8. The van der Waals surface area contributed by atoms with E-state index in [1.165, 1.54) is 19.3 Å². The molecule has 0 saturated carbocycles. The topological polar surface area (TPSA) is 12.0 Å². The van der Waals surface area contributed by atoms with Crippen molar-refractivity contribution < 1.29 is 0 Å². The molecule has 0 saturated heterocycles. The van der Waals surface area contributed by atoms with Gasteiger partial charge >= 0.3 is 0 Å². The zero-order chi connectivity index (χ0) is 6.53. The van der Waals surface area contributed by atoms with Crippen molar-refractivity contribution >= 4 is 0 Å². The molecule has 1 rings (SSSR count). The van der Waals surface area contributed by atoms with Crippen molar-refractivity contribution in [2.45, 2.75) is 26.2 Å². The molecule has 0 spiro atoms. The highest BCUT2D eigenvalue weighted by Crippen LogP contribution is 2.15. The van der Waals surface area contributed by atoms with Gasteiger partial charge in [0.25, 0.3) is 0 Å². The number of rotatable bonds is 4. The van der Waals surface area contributed by atoms with E-state index in [0.29, 0.717) is 0 Å². The molecule has 0 aromatic carbocycles. The van der Waals surface area contributed by atoms with Gasteiger partial charge in [-0.2, -0.15) is 0 Å². The van der Waals surface area contributed by atoms with Crippen molar-refractivity contribution in [3.05, 3.63) is 11.6 Å². The molecule has 1 N–H and O–H groups in total. The summed E-state index contributed by atoms with van der Waals surface area (Å²) in [5.41, 5.74) is 1.60. The van der Waals surface area contributed by atoms with Gasteiger partial charge in [-0.25, -0.2) is 0 Å². The van der Waals surface area contributed by atoms with Gasteiger partial charge in [0.1, 0.15) is 0 Å². The summed E-state index contributed by atoms with van der Waals surface area (Å²) >= 11 is 0. The average Bonchev–Trinajstić information content (AvgIpc) is 1.76. The molecule has 9 heavy (non-hydrogen) atoms. The zero-order valence-corrected chi connectivity index (χ0v) is 6.11. The molecule has 0 unspecified atom stereocenters. The van der Waals surface area contributed by atoms with Gasteiger partial charge in [0.15, 0.2) is 0 Å². The quantitative estimate of drug-likeness (QED) is 0.445. The van der Waals surface area contributed by atoms with Crippen molar-refractivity contribution in [2.75, 3.05) is 13.1 Å². The average molecular weight is 125 g/mol. The first-order valence-corrected chi connectivity index (χ1v) is 3.82. The van der Waals surface area contributed by atoms with Crippen LogP contribution >= 0.6 is 0 Å². The summed E-state index contributed by atoms with van der Waals surface area (Å²) in [5.74, 6) is 0. The largest absolute Gasteiger partial charge is 0.313 e. The van der Waals surface area contributed by atoms with Gasteiger partial charge in [-0.15, -0.1) is 0 Å². The van der Waals surface area contributed by atoms with Crippen LogP contribution in [0.1, 0.15) is 26.2 Å². The summed E-state index contributed by atoms with van der Waals surface area (Å²) in [6.07, 6.45) is 6.20. The fourth-order valence-electron chi connectivity index (χ4n) is 0.935. The van der Waals surface area contributed by atoms with Gasteiger partial charge in [-0.05, 0) is 25.8 Å². The Morgan fingerprint density at radius 2 is 2.44 bits per heavy atom. The van der Waals surface area contributed by atoms with E-state index in [2.05, 4.69) is 18.3 Å². The molecule has 1 aliphatic carbocycles. The van der Waals surface area contributed by atoms with E-state index in [1.54, 1.807) is 5.57 Å². The summed E-state index contributed by atoms with van der Waals surface area (Å²) in [6, 6.07) is 0. The molecule has 0 bridgehead atoms. The number of hydrogen-bond acceptors (Lipinski definition) is 1. The molecular formula is C8H15N. The smallest absolute Gasteiger partial charge is 0.0164 e. The maximum Gasteiger partial charge on any atom is 0.0164 e.